The topological polar surface area (TPSA) is 110 Å². The van der Waals surface area contributed by atoms with E-state index in [-0.39, 0.29) is 18.9 Å². The van der Waals surface area contributed by atoms with Crippen molar-refractivity contribution in [1.29, 1.82) is 0 Å². The first-order valence-electron chi connectivity index (χ1n) is 5.50. The molecule has 2 amide bonds. The maximum atomic E-state index is 11.9. The number of nitrogens with two attached hydrogens (primary N) is 2. The molecule has 3 atom stereocenters. The zero-order chi connectivity index (χ0) is 12.3. The van der Waals surface area contributed by atoms with Gasteiger partial charge in [0.1, 0.15) is 6.04 Å². The molecule has 6 heteroatoms. The van der Waals surface area contributed by atoms with Gasteiger partial charge in [0.25, 0.3) is 0 Å². The number of likely N-dealkylation sites (tertiary alicyclic amines) is 1. The summed E-state index contributed by atoms with van der Waals surface area (Å²) in [6.45, 7) is 2.07. The lowest BCUT2D eigenvalue weighted by atomic mass is 10.1. The largest absolute Gasteiger partial charge is 0.391 e. The molecule has 16 heavy (non-hydrogen) atoms. The Bertz CT molecular complexity index is 282. The molecular formula is C10H19N3O3. The number of nitrogens with zero attached hydrogens (tertiary/aromatic N) is 1. The Hall–Kier alpha value is -1.14. The second kappa shape index (κ2) is 5.27. The van der Waals surface area contributed by atoms with Crippen molar-refractivity contribution in [2.24, 2.45) is 11.5 Å². The lowest BCUT2D eigenvalue weighted by molar-refractivity contribution is -0.138. The highest BCUT2D eigenvalue weighted by atomic mass is 16.3. The fourth-order valence-electron chi connectivity index (χ4n) is 1.97. The van der Waals surface area contributed by atoms with E-state index in [2.05, 4.69) is 0 Å². The van der Waals surface area contributed by atoms with Gasteiger partial charge in [0.15, 0.2) is 0 Å². The van der Waals surface area contributed by atoms with Crippen molar-refractivity contribution < 1.29 is 14.7 Å². The first-order valence-corrected chi connectivity index (χ1v) is 5.50. The van der Waals surface area contributed by atoms with E-state index in [0.717, 1.165) is 6.42 Å². The molecule has 1 rings (SSSR count). The van der Waals surface area contributed by atoms with Crippen molar-refractivity contribution in [3.63, 3.8) is 0 Å². The minimum absolute atomic E-state index is 0.143. The van der Waals surface area contributed by atoms with Crippen LogP contribution in [-0.4, -0.2) is 46.6 Å². The molecule has 1 aliphatic rings. The van der Waals surface area contributed by atoms with Crippen LogP contribution in [0, 0.1) is 0 Å². The minimum Gasteiger partial charge on any atom is -0.391 e. The first-order chi connectivity index (χ1) is 7.47. The Morgan fingerprint density at radius 2 is 2.19 bits per heavy atom. The number of primary amides is 1. The fourth-order valence-corrected chi connectivity index (χ4v) is 1.97. The highest BCUT2D eigenvalue weighted by Gasteiger charge is 2.39. The molecule has 0 bridgehead atoms. The molecule has 0 aliphatic carbocycles. The van der Waals surface area contributed by atoms with Crippen LogP contribution in [0.3, 0.4) is 0 Å². The van der Waals surface area contributed by atoms with Crippen molar-refractivity contribution in [3.8, 4) is 0 Å². The third-order valence-electron chi connectivity index (χ3n) is 2.81. The molecule has 1 heterocycles. The van der Waals surface area contributed by atoms with Gasteiger partial charge in [-0.05, 0) is 6.42 Å². The summed E-state index contributed by atoms with van der Waals surface area (Å²) in [5.41, 5.74) is 10.9. The zero-order valence-electron chi connectivity index (χ0n) is 9.43. The summed E-state index contributed by atoms with van der Waals surface area (Å²) in [5.74, 6) is -0.893. The number of β-amino-alcohol motifs (C(OH)–C–C–N with tert-alkyl or cyclic N) is 1. The average Bonchev–Trinajstić information content (AvgIpc) is 2.59. The van der Waals surface area contributed by atoms with E-state index >= 15 is 0 Å². The summed E-state index contributed by atoms with van der Waals surface area (Å²) < 4.78 is 0. The summed E-state index contributed by atoms with van der Waals surface area (Å²) >= 11 is 0. The summed E-state index contributed by atoms with van der Waals surface area (Å²) in [4.78, 5) is 24.3. The molecular weight excluding hydrogens is 210 g/mol. The standard InChI is InChI=1S/C10H19N3O3/c1-2-3-7(11)10(16)13-5-6(14)4-8(13)9(12)15/h6-8,14H,2-5,11H2,1H3,(H2,12,15)/t6?,7-,8?/m0/s1. The molecule has 0 radical (unpaired) electrons. The Kier molecular flexibility index (Phi) is 4.26. The van der Waals surface area contributed by atoms with Crippen LogP contribution in [0.5, 0.6) is 0 Å². The lowest BCUT2D eigenvalue weighted by Gasteiger charge is -2.24. The molecule has 1 fully saturated rings. The van der Waals surface area contributed by atoms with Crippen LogP contribution in [0.4, 0.5) is 0 Å². The normalized spacial score (nSPS) is 26.8. The maximum Gasteiger partial charge on any atom is 0.240 e. The molecule has 2 unspecified atom stereocenters. The van der Waals surface area contributed by atoms with Crippen LogP contribution in [0.2, 0.25) is 0 Å². The van der Waals surface area contributed by atoms with Crippen molar-refractivity contribution in [2.45, 2.75) is 44.4 Å². The second-order valence-electron chi connectivity index (χ2n) is 4.19. The molecule has 1 aliphatic heterocycles. The Morgan fingerprint density at radius 1 is 1.56 bits per heavy atom. The molecule has 0 spiro atoms. The summed E-state index contributed by atoms with van der Waals surface area (Å²) in [7, 11) is 0. The smallest absolute Gasteiger partial charge is 0.240 e. The Morgan fingerprint density at radius 3 is 2.69 bits per heavy atom. The summed E-state index contributed by atoms with van der Waals surface area (Å²) in [6, 6.07) is -1.33. The van der Waals surface area contributed by atoms with Gasteiger partial charge in [-0.3, -0.25) is 9.59 Å². The molecule has 5 N–H and O–H groups in total. The molecule has 1 saturated heterocycles. The molecule has 0 aromatic carbocycles. The van der Waals surface area contributed by atoms with Gasteiger partial charge in [-0.2, -0.15) is 0 Å². The monoisotopic (exact) mass is 229 g/mol. The predicted molar refractivity (Wildman–Crippen MR) is 58.2 cm³/mol. The zero-order valence-corrected chi connectivity index (χ0v) is 9.43. The molecule has 6 nitrogen and oxygen atoms in total. The molecule has 92 valence electrons. The van der Waals surface area contributed by atoms with E-state index < -0.39 is 24.1 Å². The van der Waals surface area contributed by atoms with E-state index in [0.29, 0.717) is 6.42 Å². The van der Waals surface area contributed by atoms with Gasteiger partial charge in [0, 0.05) is 13.0 Å². The van der Waals surface area contributed by atoms with E-state index in [1.165, 1.54) is 4.90 Å². The number of carbonyl (C=O) groups excluding carboxylic acids is 2. The fraction of sp³-hybridized carbons (Fsp3) is 0.800. The van der Waals surface area contributed by atoms with Crippen molar-refractivity contribution >= 4 is 11.8 Å². The van der Waals surface area contributed by atoms with Gasteiger partial charge in [-0.15, -0.1) is 0 Å². The van der Waals surface area contributed by atoms with Crippen molar-refractivity contribution in [3.05, 3.63) is 0 Å². The van der Waals surface area contributed by atoms with E-state index in [1.54, 1.807) is 0 Å². The van der Waals surface area contributed by atoms with Crippen LogP contribution in [0.1, 0.15) is 26.2 Å². The molecule has 0 saturated carbocycles. The SMILES string of the molecule is CCC[C@H](N)C(=O)N1CC(O)CC1C(N)=O. The predicted octanol–water partition coefficient (Wildman–Crippen LogP) is -1.44. The van der Waals surface area contributed by atoms with Crippen molar-refractivity contribution in [2.75, 3.05) is 6.54 Å². The van der Waals surface area contributed by atoms with Gasteiger partial charge in [0.05, 0.1) is 12.1 Å². The van der Waals surface area contributed by atoms with Gasteiger partial charge in [0.2, 0.25) is 11.8 Å². The highest BCUT2D eigenvalue weighted by molar-refractivity contribution is 5.89. The van der Waals surface area contributed by atoms with Crippen LogP contribution in [0.25, 0.3) is 0 Å². The Labute approximate surface area is 94.6 Å². The Balaban J connectivity index is 2.70. The van der Waals surface area contributed by atoms with E-state index in [4.69, 9.17) is 11.5 Å². The van der Waals surface area contributed by atoms with Crippen LogP contribution < -0.4 is 11.5 Å². The third kappa shape index (κ3) is 2.70. The van der Waals surface area contributed by atoms with Gasteiger partial charge >= 0.3 is 0 Å². The quantitative estimate of drug-likeness (QED) is 0.548. The van der Waals surface area contributed by atoms with Crippen LogP contribution >= 0.6 is 0 Å². The van der Waals surface area contributed by atoms with Crippen LogP contribution in [0.15, 0.2) is 0 Å². The number of hydrogen-bond donors (Lipinski definition) is 3. The number of amides is 2. The van der Waals surface area contributed by atoms with Gasteiger partial charge in [-0.25, -0.2) is 0 Å². The van der Waals surface area contributed by atoms with Crippen LogP contribution in [-0.2, 0) is 9.59 Å². The van der Waals surface area contributed by atoms with Crippen molar-refractivity contribution in [1.82, 2.24) is 4.90 Å². The van der Waals surface area contributed by atoms with Gasteiger partial charge in [-0.1, -0.05) is 13.3 Å². The van der Waals surface area contributed by atoms with Gasteiger partial charge < -0.3 is 21.5 Å². The number of carbonyl (C=O) groups is 2. The second-order valence-corrected chi connectivity index (χ2v) is 4.19. The lowest BCUT2D eigenvalue weighted by Crippen LogP contribution is -2.50. The first kappa shape index (κ1) is 12.9. The van der Waals surface area contributed by atoms with E-state index in [1.807, 2.05) is 6.92 Å². The minimum atomic E-state index is -0.717. The average molecular weight is 229 g/mol. The number of rotatable bonds is 4. The van der Waals surface area contributed by atoms with E-state index in [9.17, 15) is 14.7 Å². The number of aliphatic hydroxyl groups excluding tert-OH is 1. The summed E-state index contributed by atoms with van der Waals surface area (Å²) in [6.07, 6.45) is 0.886. The molecule has 0 aromatic heterocycles. The maximum absolute atomic E-state index is 11.9. The number of aliphatic hydroxyl groups is 1. The summed E-state index contributed by atoms with van der Waals surface area (Å²) in [5, 5.41) is 9.44. The highest BCUT2D eigenvalue weighted by Crippen LogP contribution is 2.19. The third-order valence-corrected chi connectivity index (χ3v) is 2.81. The molecule has 0 aromatic rings. The number of hydrogen-bond acceptors (Lipinski definition) is 4.